The van der Waals surface area contributed by atoms with Gasteiger partial charge in [-0.2, -0.15) is 0 Å². The summed E-state index contributed by atoms with van der Waals surface area (Å²) in [5.41, 5.74) is 0.398. The average molecular weight is 393 g/mol. The van der Waals surface area contributed by atoms with Crippen molar-refractivity contribution < 1.29 is 14.0 Å². The minimum atomic E-state index is -0.596. The smallest absolute Gasteiger partial charge is 0.299 e. The van der Waals surface area contributed by atoms with Crippen LogP contribution in [-0.2, 0) is 4.79 Å². The van der Waals surface area contributed by atoms with E-state index in [-0.39, 0.29) is 15.5 Å². The first-order valence-electron chi connectivity index (χ1n) is 5.68. The van der Waals surface area contributed by atoms with Gasteiger partial charge in [0.2, 0.25) is 0 Å². The summed E-state index contributed by atoms with van der Waals surface area (Å²) in [5.74, 6) is -1.66. The van der Waals surface area contributed by atoms with Gasteiger partial charge in [-0.1, -0.05) is 29.8 Å². The molecular formula is C13H12Br2FNO2. The maximum absolute atomic E-state index is 13.6. The number of rotatable bonds is 3. The molecule has 0 bridgehead atoms. The summed E-state index contributed by atoms with van der Waals surface area (Å²) in [6.07, 6.45) is 0. The van der Waals surface area contributed by atoms with E-state index >= 15 is 0 Å². The number of alkyl halides is 1. The molecule has 1 aromatic carbocycles. The van der Waals surface area contributed by atoms with E-state index in [0.29, 0.717) is 17.6 Å². The zero-order valence-electron chi connectivity index (χ0n) is 10.5. The third-order valence-corrected chi connectivity index (χ3v) is 5.09. The van der Waals surface area contributed by atoms with Gasteiger partial charge < -0.3 is 4.90 Å². The Hall–Kier alpha value is -0.750. The molecule has 0 saturated carbocycles. The van der Waals surface area contributed by atoms with Crippen LogP contribution in [0.2, 0.25) is 0 Å². The number of hydrogen-bond acceptors (Lipinski definition) is 2. The predicted molar refractivity (Wildman–Crippen MR) is 78.4 cm³/mol. The Morgan fingerprint density at radius 1 is 1.32 bits per heavy atom. The van der Waals surface area contributed by atoms with Gasteiger partial charge >= 0.3 is 0 Å². The van der Waals surface area contributed by atoms with Gasteiger partial charge in [-0.25, -0.2) is 4.39 Å². The summed E-state index contributed by atoms with van der Waals surface area (Å²) in [7, 11) is 0. The van der Waals surface area contributed by atoms with Crippen LogP contribution in [0.5, 0.6) is 0 Å². The van der Waals surface area contributed by atoms with Crippen molar-refractivity contribution in [3.8, 4) is 0 Å². The summed E-state index contributed by atoms with van der Waals surface area (Å²) in [6, 6.07) is 2.60. The van der Waals surface area contributed by atoms with Gasteiger partial charge in [-0.05, 0) is 33.5 Å². The average Bonchev–Trinajstić information content (AvgIpc) is 2.56. The molecule has 0 fully saturated rings. The van der Waals surface area contributed by atoms with Crippen molar-refractivity contribution in [2.75, 3.05) is 16.8 Å². The van der Waals surface area contributed by atoms with Crippen LogP contribution >= 0.6 is 31.9 Å². The summed E-state index contributed by atoms with van der Waals surface area (Å²) in [4.78, 5) is 25.3. The Bertz CT molecular complexity index is 572. The fraction of sp³-hybridized carbons (Fsp3) is 0.385. The largest absolute Gasteiger partial charge is 0.304 e. The van der Waals surface area contributed by atoms with Crippen LogP contribution in [0.1, 0.15) is 24.2 Å². The van der Waals surface area contributed by atoms with E-state index in [1.54, 1.807) is 0 Å². The summed E-state index contributed by atoms with van der Waals surface area (Å²) < 4.78 is 13.8. The van der Waals surface area contributed by atoms with Crippen molar-refractivity contribution >= 4 is 49.2 Å². The van der Waals surface area contributed by atoms with Crippen LogP contribution in [0, 0.1) is 11.2 Å². The third-order valence-electron chi connectivity index (χ3n) is 2.96. The van der Waals surface area contributed by atoms with Crippen molar-refractivity contribution in [1.82, 2.24) is 0 Å². The number of halogens is 3. The Balaban J connectivity index is 2.47. The van der Waals surface area contributed by atoms with Crippen molar-refractivity contribution in [3.05, 3.63) is 28.0 Å². The van der Waals surface area contributed by atoms with Crippen LogP contribution in [-0.4, -0.2) is 23.6 Å². The Kier molecular flexibility index (Phi) is 3.84. The van der Waals surface area contributed by atoms with Crippen LogP contribution in [0.3, 0.4) is 0 Å². The first-order chi connectivity index (χ1) is 8.76. The van der Waals surface area contributed by atoms with Gasteiger partial charge in [0.1, 0.15) is 5.82 Å². The highest BCUT2D eigenvalue weighted by atomic mass is 79.9. The minimum absolute atomic E-state index is 0.189. The molecule has 0 saturated heterocycles. The van der Waals surface area contributed by atoms with Gasteiger partial charge in [-0.15, -0.1) is 0 Å². The molecule has 2 rings (SSSR count). The lowest BCUT2D eigenvalue weighted by Crippen LogP contribution is -2.38. The maximum atomic E-state index is 13.6. The van der Waals surface area contributed by atoms with Crippen molar-refractivity contribution in [1.29, 1.82) is 0 Å². The first-order valence-corrected chi connectivity index (χ1v) is 7.59. The number of hydrogen-bond donors (Lipinski definition) is 0. The Morgan fingerprint density at radius 3 is 2.53 bits per heavy atom. The maximum Gasteiger partial charge on any atom is 0.299 e. The van der Waals surface area contributed by atoms with E-state index < -0.39 is 17.5 Å². The summed E-state index contributed by atoms with van der Waals surface area (Å²) in [6.45, 7) is 4.29. The molecule has 1 aromatic rings. The molecule has 1 heterocycles. The van der Waals surface area contributed by atoms with Crippen molar-refractivity contribution in [3.63, 3.8) is 0 Å². The molecule has 6 heteroatoms. The fourth-order valence-electron chi connectivity index (χ4n) is 1.92. The molecule has 0 spiro atoms. The molecule has 0 radical (unpaired) electrons. The monoisotopic (exact) mass is 391 g/mol. The molecule has 1 amide bonds. The zero-order valence-corrected chi connectivity index (χ0v) is 13.6. The lowest BCUT2D eigenvalue weighted by molar-refractivity contribution is -0.114. The number of carbonyl (C=O) groups is 2. The van der Waals surface area contributed by atoms with Crippen LogP contribution < -0.4 is 4.90 Å². The number of carbonyl (C=O) groups excluding carboxylic acids is 2. The first kappa shape index (κ1) is 14.7. The number of Topliss-reactive ketones (excluding diaryl/α,β-unsaturated/α-hetero) is 1. The Labute approximate surface area is 127 Å². The van der Waals surface area contributed by atoms with Crippen LogP contribution in [0.15, 0.2) is 16.6 Å². The molecule has 0 unspecified atom stereocenters. The molecule has 3 nitrogen and oxygen atoms in total. The molecular weight excluding hydrogens is 381 g/mol. The van der Waals surface area contributed by atoms with Crippen LogP contribution in [0.4, 0.5) is 10.1 Å². The van der Waals surface area contributed by atoms with E-state index in [0.717, 1.165) is 0 Å². The predicted octanol–water partition coefficient (Wildman–Crippen LogP) is 3.54. The highest BCUT2D eigenvalue weighted by Crippen LogP contribution is 2.35. The van der Waals surface area contributed by atoms with E-state index in [1.807, 2.05) is 13.8 Å². The normalized spacial score (nSPS) is 15.1. The molecule has 1 aliphatic heterocycles. The standard InChI is InChI=1S/C13H12Br2FNO2/c1-13(2,5-14)6-17-10-4-9(16)8(15)3-7(10)11(18)12(17)19/h3-4H,5-6H2,1-2H3. The van der Waals surface area contributed by atoms with Crippen molar-refractivity contribution in [2.45, 2.75) is 13.8 Å². The van der Waals surface area contributed by atoms with Gasteiger partial charge in [0, 0.05) is 11.9 Å². The lowest BCUT2D eigenvalue weighted by atomic mass is 9.96. The topological polar surface area (TPSA) is 37.4 Å². The van der Waals surface area contributed by atoms with Gasteiger partial charge in [0.05, 0.1) is 15.7 Å². The third kappa shape index (κ3) is 2.60. The highest BCUT2D eigenvalue weighted by Gasteiger charge is 2.39. The molecule has 1 aliphatic rings. The summed E-state index contributed by atoms with van der Waals surface area (Å²) in [5, 5.41) is 0.673. The number of anilines is 1. The van der Waals surface area contributed by atoms with Gasteiger partial charge in [0.25, 0.3) is 11.7 Å². The minimum Gasteiger partial charge on any atom is -0.304 e. The van der Waals surface area contributed by atoms with E-state index in [4.69, 9.17) is 0 Å². The zero-order chi connectivity index (χ0) is 14.4. The summed E-state index contributed by atoms with van der Waals surface area (Å²) >= 11 is 6.40. The molecule has 102 valence electrons. The number of ketones is 1. The lowest BCUT2D eigenvalue weighted by Gasteiger charge is -2.28. The molecule has 19 heavy (non-hydrogen) atoms. The van der Waals surface area contributed by atoms with Gasteiger partial charge in [0.15, 0.2) is 0 Å². The highest BCUT2D eigenvalue weighted by molar-refractivity contribution is 9.10. The van der Waals surface area contributed by atoms with E-state index in [1.165, 1.54) is 17.0 Å². The van der Waals surface area contributed by atoms with Crippen LogP contribution in [0.25, 0.3) is 0 Å². The Morgan fingerprint density at radius 2 is 1.95 bits per heavy atom. The molecule has 0 atom stereocenters. The number of fused-ring (bicyclic) bond motifs is 1. The quantitative estimate of drug-likeness (QED) is 0.582. The molecule has 0 aliphatic carbocycles. The molecule has 0 N–H and O–H groups in total. The van der Waals surface area contributed by atoms with Crippen molar-refractivity contribution in [2.24, 2.45) is 5.41 Å². The SMILES string of the molecule is CC(C)(CBr)CN1C(=O)C(=O)c2cc(Br)c(F)cc21. The second-order valence-electron chi connectivity index (χ2n) is 5.30. The van der Waals surface area contributed by atoms with Gasteiger partial charge in [-0.3, -0.25) is 9.59 Å². The fourth-order valence-corrected chi connectivity index (χ4v) is 2.44. The second-order valence-corrected chi connectivity index (χ2v) is 6.72. The number of nitrogens with zero attached hydrogens (tertiary/aromatic N) is 1. The van der Waals surface area contributed by atoms with E-state index in [2.05, 4.69) is 31.9 Å². The number of benzene rings is 1. The molecule has 0 aromatic heterocycles. The number of amides is 1. The second kappa shape index (κ2) is 4.98. The van der Waals surface area contributed by atoms with E-state index in [9.17, 15) is 14.0 Å².